The van der Waals surface area contributed by atoms with Gasteiger partial charge < -0.3 is 9.32 Å². The molecule has 3 aromatic rings. The molecular formula is C18H21N5O. The topological polar surface area (TPSA) is 60.0 Å². The van der Waals surface area contributed by atoms with Gasteiger partial charge in [0.2, 0.25) is 0 Å². The van der Waals surface area contributed by atoms with Crippen molar-refractivity contribution in [3.05, 3.63) is 54.8 Å². The van der Waals surface area contributed by atoms with Gasteiger partial charge in [-0.15, -0.1) is 0 Å². The molecule has 0 bridgehead atoms. The van der Waals surface area contributed by atoms with Crippen molar-refractivity contribution in [1.29, 1.82) is 0 Å². The van der Waals surface area contributed by atoms with E-state index in [2.05, 4.69) is 21.8 Å². The lowest BCUT2D eigenvalue weighted by Gasteiger charge is -2.38. The number of piperidine rings is 1. The minimum absolute atomic E-state index is 0.206. The fourth-order valence-electron chi connectivity index (χ4n) is 3.39. The molecule has 3 aromatic heterocycles. The molecule has 0 saturated carbocycles. The predicted molar refractivity (Wildman–Crippen MR) is 91.1 cm³/mol. The normalized spacial score (nSPS) is 21.2. The van der Waals surface area contributed by atoms with Crippen LogP contribution in [-0.4, -0.2) is 26.1 Å². The highest BCUT2D eigenvalue weighted by Crippen LogP contribution is 2.36. The maximum absolute atomic E-state index is 5.69. The van der Waals surface area contributed by atoms with Gasteiger partial charge in [0.05, 0.1) is 24.7 Å². The number of hydrogen-bond donors (Lipinski definition) is 0. The van der Waals surface area contributed by atoms with Gasteiger partial charge in [0.15, 0.2) is 5.82 Å². The number of furan rings is 1. The quantitative estimate of drug-likeness (QED) is 0.738. The second kappa shape index (κ2) is 6.11. The Morgan fingerprint density at radius 1 is 1.25 bits per heavy atom. The van der Waals surface area contributed by atoms with Gasteiger partial charge in [0.25, 0.3) is 0 Å². The number of imidazole rings is 1. The summed E-state index contributed by atoms with van der Waals surface area (Å²) in [7, 11) is 0. The molecule has 4 heterocycles. The number of hydrogen-bond acceptors (Lipinski definition) is 5. The van der Waals surface area contributed by atoms with E-state index in [0.29, 0.717) is 5.92 Å². The molecular weight excluding hydrogens is 302 g/mol. The van der Waals surface area contributed by atoms with Gasteiger partial charge in [0, 0.05) is 18.9 Å². The van der Waals surface area contributed by atoms with Crippen molar-refractivity contribution in [2.45, 2.75) is 32.7 Å². The molecule has 4 rings (SSSR count). The van der Waals surface area contributed by atoms with E-state index in [1.54, 1.807) is 18.7 Å². The van der Waals surface area contributed by atoms with Gasteiger partial charge >= 0.3 is 0 Å². The van der Waals surface area contributed by atoms with Crippen molar-refractivity contribution in [2.24, 2.45) is 5.92 Å². The standard InChI is InChI=1S/C18H21N5O/c1-13-5-7-23(15(10-13)16-4-3-9-24-16)18-12-19-11-17(21-18)22-8-6-20-14(22)2/h3-4,6,8-9,11-13,15H,5,7,10H2,1-2H3/t13-,15-/m1/s1. The number of aryl methyl sites for hydroxylation is 1. The molecule has 0 amide bonds. The van der Waals surface area contributed by atoms with Gasteiger partial charge in [-0.05, 0) is 37.8 Å². The summed E-state index contributed by atoms with van der Waals surface area (Å²) in [6.07, 6.45) is 11.2. The van der Waals surface area contributed by atoms with Crippen LogP contribution in [0.15, 0.2) is 47.6 Å². The second-order valence-corrected chi connectivity index (χ2v) is 6.43. The van der Waals surface area contributed by atoms with Crippen LogP contribution in [0.25, 0.3) is 5.82 Å². The summed E-state index contributed by atoms with van der Waals surface area (Å²) < 4.78 is 7.64. The number of anilines is 1. The number of aromatic nitrogens is 4. The molecule has 24 heavy (non-hydrogen) atoms. The Morgan fingerprint density at radius 2 is 2.12 bits per heavy atom. The third kappa shape index (κ3) is 2.68. The molecule has 2 atom stereocenters. The molecule has 0 N–H and O–H groups in total. The fourth-order valence-corrected chi connectivity index (χ4v) is 3.39. The maximum atomic E-state index is 5.69. The Hall–Kier alpha value is -2.63. The minimum Gasteiger partial charge on any atom is -0.467 e. The zero-order chi connectivity index (χ0) is 16.5. The largest absolute Gasteiger partial charge is 0.467 e. The Bertz CT molecular complexity index is 810. The monoisotopic (exact) mass is 323 g/mol. The lowest BCUT2D eigenvalue weighted by atomic mass is 9.91. The minimum atomic E-state index is 0.206. The first-order chi connectivity index (χ1) is 11.7. The molecule has 0 aliphatic carbocycles. The average molecular weight is 323 g/mol. The van der Waals surface area contributed by atoms with Gasteiger partial charge in [-0.25, -0.2) is 9.97 Å². The van der Waals surface area contributed by atoms with E-state index >= 15 is 0 Å². The molecule has 1 aliphatic heterocycles. The Balaban J connectivity index is 1.70. The summed E-state index contributed by atoms with van der Waals surface area (Å²) in [5, 5.41) is 0. The van der Waals surface area contributed by atoms with E-state index in [-0.39, 0.29) is 6.04 Å². The van der Waals surface area contributed by atoms with Crippen molar-refractivity contribution >= 4 is 5.82 Å². The van der Waals surface area contributed by atoms with E-state index < -0.39 is 0 Å². The highest BCUT2D eigenvalue weighted by atomic mass is 16.3. The first-order valence-corrected chi connectivity index (χ1v) is 8.35. The van der Waals surface area contributed by atoms with Crippen LogP contribution >= 0.6 is 0 Å². The summed E-state index contributed by atoms with van der Waals surface area (Å²) >= 11 is 0. The van der Waals surface area contributed by atoms with Crippen molar-refractivity contribution in [1.82, 2.24) is 19.5 Å². The van der Waals surface area contributed by atoms with Crippen molar-refractivity contribution < 1.29 is 4.42 Å². The molecule has 0 radical (unpaired) electrons. The third-order valence-electron chi connectivity index (χ3n) is 4.71. The average Bonchev–Trinajstić information content (AvgIpc) is 3.26. The van der Waals surface area contributed by atoms with Gasteiger partial charge in [-0.1, -0.05) is 6.92 Å². The molecule has 0 spiro atoms. The van der Waals surface area contributed by atoms with Crippen LogP contribution < -0.4 is 4.90 Å². The first-order valence-electron chi connectivity index (χ1n) is 8.35. The molecule has 1 saturated heterocycles. The molecule has 1 aliphatic rings. The number of rotatable bonds is 3. The number of nitrogens with zero attached hydrogens (tertiary/aromatic N) is 5. The third-order valence-corrected chi connectivity index (χ3v) is 4.71. The molecule has 6 heteroatoms. The van der Waals surface area contributed by atoms with E-state index in [1.807, 2.05) is 36.0 Å². The summed E-state index contributed by atoms with van der Waals surface area (Å²) in [6, 6.07) is 4.20. The van der Waals surface area contributed by atoms with Crippen molar-refractivity contribution in [3.8, 4) is 5.82 Å². The Morgan fingerprint density at radius 3 is 2.88 bits per heavy atom. The second-order valence-electron chi connectivity index (χ2n) is 6.43. The lowest BCUT2D eigenvalue weighted by molar-refractivity contribution is 0.327. The van der Waals surface area contributed by atoms with Gasteiger partial charge in [-0.3, -0.25) is 9.55 Å². The van der Waals surface area contributed by atoms with Crippen LogP contribution in [0.3, 0.4) is 0 Å². The zero-order valence-corrected chi connectivity index (χ0v) is 14.0. The molecule has 6 nitrogen and oxygen atoms in total. The highest BCUT2D eigenvalue weighted by molar-refractivity contribution is 5.43. The molecule has 0 aromatic carbocycles. The molecule has 124 valence electrons. The van der Waals surface area contributed by atoms with Crippen LogP contribution in [0, 0.1) is 12.8 Å². The molecule has 0 unspecified atom stereocenters. The summed E-state index contributed by atoms with van der Waals surface area (Å²) in [5.41, 5.74) is 0. The van der Waals surface area contributed by atoms with Gasteiger partial charge in [-0.2, -0.15) is 0 Å². The highest BCUT2D eigenvalue weighted by Gasteiger charge is 2.30. The lowest BCUT2D eigenvalue weighted by Crippen LogP contribution is -2.36. The Kier molecular flexibility index (Phi) is 3.80. The summed E-state index contributed by atoms with van der Waals surface area (Å²) in [6.45, 7) is 5.21. The van der Waals surface area contributed by atoms with Crippen LogP contribution in [-0.2, 0) is 0 Å². The van der Waals surface area contributed by atoms with Crippen molar-refractivity contribution in [2.75, 3.05) is 11.4 Å². The van der Waals surface area contributed by atoms with E-state index in [0.717, 1.165) is 42.6 Å². The zero-order valence-electron chi connectivity index (χ0n) is 14.0. The van der Waals surface area contributed by atoms with E-state index in [9.17, 15) is 0 Å². The van der Waals surface area contributed by atoms with Gasteiger partial charge in [0.1, 0.15) is 17.4 Å². The summed E-state index contributed by atoms with van der Waals surface area (Å²) in [5.74, 6) is 4.24. The van der Waals surface area contributed by atoms with Crippen LogP contribution in [0.5, 0.6) is 0 Å². The summed E-state index contributed by atoms with van der Waals surface area (Å²) in [4.78, 5) is 15.8. The fraction of sp³-hybridized carbons (Fsp3) is 0.389. The first kappa shape index (κ1) is 14.9. The SMILES string of the molecule is Cc1nccn1-c1cncc(N2CC[C@@H](C)C[C@@H]2c2ccco2)n1. The molecule has 1 fully saturated rings. The van der Waals surface area contributed by atoms with E-state index in [1.165, 1.54) is 0 Å². The van der Waals surface area contributed by atoms with Crippen molar-refractivity contribution in [3.63, 3.8) is 0 Å². The van der Waals surface area contributed by atoms with Crippen LogP contribution in [0.2, 0.25) is 0 Å². The van der Waals surface area contributed by atoms with E-state index in [4.69, 9.17) is 9.40 Å². The van der Waals surface area contributed by atoms with Crippen LogP contribution in [0.1, 0.15) is 37.4 Å². The predicted octanol–water partition coefficient (Wildman–Crippen LogP) is 3.54. The Labute approximate surface area is 141 Å². The maximum Gasteiger partial charge on any atom is 0.159 e. The van der Waals surface area contributed by atoms with Crippen LogP contribution in [0.4, 0.5) is 5.82 Å². The smallest absolute Gasteiger partial charge is 0.159 e.